The number of aryl methyl sites for hydroxylation is 1. The minimum Gasteiger partial charge on any atom is -0.497 e. The Hall–Kier alpha value is -2.46. The molecule has 0 aliphatic carbocycles. The van der Waals surface area contributed by atoms with E-state index in [4.69, 9.17) is 4.74 Å². The molecule has 1 amide bonds. The fourth-order valence-electron chi connectivity index (χ4n) is 3.36. The zero-order chi connectivity index (χ0) is 18.1. The van der Waals surface area contributed by atoms with Crippen molar-refractivity contribution in [1.29, 1.82) is 0 Å². The molecule has 1 aliphatic heterocycles. The summed E-state index contributed by atoms with van der Waals surface area (Å²) in [5.41, 5.74) is 3.40. The largest absolute Gasteiger partial charge is 0.497 e. The first-order chi connectivity index (χ1) is 12.7. The third-order valence-electron chi connectivity index (χ3n) is 4.85. The van der Waals surface area contributed by atoms with Gasteiger partial charge in [0.05, 0.1) is 12.9 Å². The number of carbonyl (C=O) groups is 1. The van der Waals surface area contributed by atoms with Crippen molar-refractivity contribution >= 4 is 34.1 Å². The molecule has 1 saturated heterocycles. The van der Waals surface area contributed by atoms with Crippen molar-refractivity contribution in [3.63, 3.8) is 0 Å². The fourth-order valence-corrected chi connectivity index (χ4v) is 4.53. The van der Waals surface area contributed by atoms with Crippen molar-refractivity contribution < 1.29 is 9.53 Å². The lowest BCUT2D eigenvalue weighted by molar-refractivity contribution is -0.115. The van der Waals surface area contributed by atoms with Gasteiger partial charge in [-0.15, -0.1) is 11.8 Å². The molecule has 0 N–H and O–H groups in total. The summed E-state index contributed by atoms with van der Waals surface area (Å²) in [7, 11) is 1.68. The molecule has 3 aromatic rings. The number of hydrogen-bond acceptors (Lipinski definition) is 3. The molecule has 132 valence electrons. The van der Waals surface area contributed by atoms with Crippen molar-refractivity contribution in [2.24, 2.45) is 0 Å². The van der Waals surface area contributed by atoms with Gasteiger partial charge >= 0.3 is 0 Å². The van der Waals surface area contributed by atoms with Crippen LogP contribution in [-0.2, 0) is 11.2 Å². The fraction of sp³-hybridized carbons (Fsp3) is 0.227. The van der Waals surface area contributed by atoms with Gasteiger partial charge in [-0.2, -0.15) is 0 Å². The van der Waals surface area contributed by atoms with Gasteiger partial charge in [-0.3, -0.25) is 9.69 Å². The minimum absolute atomic E-state index is 0.0153. The van der Waals surface area contributed by atoms with Gasteiger partial charge in [0.25, 0.3) is 0 Å². The minimum atomic E-state index is 0.0153. The summed E-state index contributed by atoms with van der Waals surface area (Å²) >= 11 is 1.68. The van der Waals surface area contributed by atoms with Crippen molar-refractivity contribution in [3.8, 4) is 5.75 Å². The van der Waals surface area contributed by atoms with Crippen LogP contribution in [0.25, 0.3) is 10.8 Å². The maximum Gasteiger partial charge on any atom is 0.238 e. The Morgan fingerprint density at radius 2 is 1.77 bits per heavy atom. The highest BCUT2D eigenvalue weighted by Crippen LogP contribution is 2.42. The van der Waals surface area contributed by atoms with E-state index in [9.17, 15) is 4.79 Å². The molecule has 4 rings (SSSR count). The molecule has 0 saturated carbocycles. The van der Waals surface area contributed by atoms with Crippen LogP contribution in [0.4, 0.5) is 5.69 Å². The lowest BCUT2D eigenvalue weighted by atomic mass is 10.1. The normalized spacial score (nSPS) is 17.1. The van der Waals surface area contributed by atoms with E-state index in [1.807, 2.05) is 17.0 Å². The topological polar surface area (TPSA) is 29.5 Å². The number of anilines is 1. The summed E-state index contributed by atoms with van der Waals surface area (Å²) in [5, 5.41) is 2.31. The van der Waals surface area contributed by atoms with Crippen molar-refractivity contribution in [3.05, 3.63) is 71.8 Å². The highest BCUT2D eigenvalue weighted by Gasteiger charge is 2.34. The number of nitrogens with zero attached hydrogens (tertiary/aromatic N) is 1. The number of amides is 1. The van der Waals surface area contributed by atoms with Crippen LogP contribution in [0.15, 0.2) is 60.7 Å². The molecular weight excluding hydrogens is 342 g/mol. The van der Waals surface area contributed by atoms with Crippen LogP contribution in [0.1, 0.15) is 23.4 Å². The van der Waals surface area contributed by atoms with Gasteiger partial charge in [0, 0.05) is 5.69 Å². The average Bonchev–Trinajstić information content (AvgIpc) is 3.08. The molecule has 3 nitrogen and oxygen atoms in total. The number of benzene rings is 3. The second-order valence-electron chi connectivity index (χ2n) is 6.42. The van der Waals surface area contributed by atoms with E-state index >= 15 is 0 Å². The average molecular weight is 363 g/mol. The molecule has 1 atom stereocenters. The van der Waals surface area contributed by atoms with Gasteiger partial charge in [-0.25, -0.2) is 0 Å². The smallest absolute Gasteiger partial charge is 0.238 e. The number of fused-ring (bicyclic) bond motifs is 1. The first-order valence-electron chi connectivity index (χ1n) is 8.80. The summed E-state index contributed by atoms with van der Waals surface area (Å²) in [6.07, 6.45) is 1.00. The summed E-state index contributed by atoms with van der Waals surface area (Å²) in [5.74, 6) is 1.54. The van der Waals surface area contributed by atoms with E-state index < -0.39 is 0 Å². The molecule has 1 heterocycles. The number of thioether (sulfide) groups is 1. The SMILES string of the molecule is CCc1ccc(N2C(=O)CS[C@@H]2c2ccc3cc(OC)ccc3c2)cc1. The maximum absolute atomic E-state index is 12.5. The molecule has 1 aliphatic rings. The summed E-state index contributed by atoms with van der Waals surface area (Å²) in [6.45, 7) is 2.14. The summed E-state index contributed by atoms with van der Waals surface area (Å²) in [4.78, 5) is 14.5. The quantitative estimate of drug-likeness (QED) is 0.639. The number of ether oxygens (including phenoxy) is 1. The van der Waals surface area contributed by atoms with Gasteiger partial charge in [0.15, 0.2) is 0 Å². The predicted octanol–water partition coefficient (Wildman–Crippen LogP) is 5.19. The monoisotopic (exact) mass is 363 g/mol. The van der Waals surface area contributed by atoms with Crippen molar-refractivity contribution in [2.45, 2.75) is 18.7 Å². The van der Waals surface area contributed by atoms with Crippen LogP contribution >= 0.6 is 11.8 Å². The van der Waals surface area contributed by atoms with E-state index in [-0.39, 0.29) is 11.3 Å². The number of methoxy groups -OCH3 is 1. The van der Waals surface area contributed by atoms with E-state index in [1.165, 1.54) is 5.56 Å². The third kappa shape index (κ3) is 3.06. The molecule has 0 aromatic heterocycles. The molecule has 26 heavy (non-hydrogen) atoms. The first-order valence-corrected chi connectivity index (χ1v) is 9.85. The van der Waals surface area contributed by atoms with Gasteiger partial charge < -0.3 is 4.74 Å². The van der Waals surface area contributed by atoms with Crippen molar-refractivity contribution in [2.75, 3.05) is 17.8 Å². The molecular formula is C22H21NO2S. The molecule has 0 spiro atoms. The zero-order valence-electron chi connectivity index (χ0n) is 14.9. The standard InChI is InChI=1S/C22H21NO2S/c1-3-15-4-9-19(10-5-15)23-21(24)14-26-22(23)18-7-6-17-13-20(25-2)11-8-16(17)12-18/h4-13,22H,3,14H2,1-2H3/t22-/m1/s1. The van der Waals surface area contributed by atoms with E-state index in [0.717, 1.165) is 34.2 Å². The van der Waals surface area contributed by atoms with E-state index in [1.54, 1.807) is 18.9 Å². The first kappa shape index (κ1) is 17.0. The number of carbonyl (C=O) groups excluding carboxylic acids is 1. The van der Waals surface area contributed by atoms with Crippen LogP contribution in [0.3, 0.4) is 0 Å². The van der Waals surface area contributed by atoms with E-state index in [0.29, 0.717) is 5.75 Å². The van der Waals surface area contributed by atoms with Gasteiger partial charge in [-0.05, 0) is 58.7 Å². The highest BCUT2D eigenvalue weighted by molar-refractivity contribution is 8.00. The van der Waals surface area contributed by atoms with Crippen LogP contribution in [0.2, 0.25) is 0 Å². The van der Waals surface area contributed by atoms with Crippen LogP contribution in [0, 0.1) is 0 Å². The van der Waals surface area contributed by atoms with Gasteiger partial charge in [0.1, 0.15) is 11.1 Å². The molecule has 3 aromatic carbocycles. The highest BCUT2D eigenvalue weighted by atomic mass is 32.2. The molecule has 4 heteroatoms. The number of hydrogen-bond donors (Lipinski definition) is 0. The number of rotatable bonds is 4. The molecule has 0 unspecified atom stereocenters. The second kappa shape index (κ2) is 7.04. The van der Waals surface area contributed by atoms with Gasteiger partial charge in [-0.1, -0.05) is 37.3 Å². The Bertz CT molecular complexity index is 952. The Morgan fingerprint density at radius 3 is 2.50 bits per heavy atom. The van der Waals surface area contributed by atoms with Crippen LogP contribution < -0.4 is 9.64 Å². The van der Waals surface area contributed by atoms with Crippen molar-refractivity contribution in [1.82, 2.24) is 0 Å². The summed E-state index contributed by atoms with van der Waals surface area (Å²) < 4.78 is 5.30. The second-order valence-corrected chi connectivity index (χ2v) is 7.49. The van der Waals surface area contributed by atoms with E-state index in [2.05, 4.69) is 55.5 Å². The Balaban J connectivity index is 1.70. The third-order valence-corrected chi connectivity index (χ3v) is 6.06. The van der Waals surface area contributed by atoms with Crippen LogP contribution in [0.5, 0.6) is 5.75 Å². The summed E-state index contributed by atoms with van der Waals surface area (Å²) in [6, 6.07) is 20.8. The maximum atomic E-state index is 12.5. The predicted molar refractivity (Wildman–Crippen MR) is 109 cm³/mol. The Morgan fingerprint density at radius 1 is 1.04 bits per heavy atom. The molecule has 0 bridgehead atoms. The zero-order valence-corrected chi connectivity index (χ0v) is 15.8. The molecule has 0 radical (unpaired) electrons. The van der Waals surface area contributed by atoms with Crippen LogP contribution in [-0.4, -0.2) is 18.8 Å². The van der Waals surface area contributed by atoms with Gasteiger partial charge in [0.2, 0.25) is 5.91 Å². The Labute approximate surface area is 158 Å². The Kier molecular flexibility index (Phi) is 4.60. The lowest BCUT2D eigenvalue weighted by Crippen LogP contribution is -2.27. The lowest BCUT2D eigenvalue weighted by Gasteiger charge is -2.25. The molecule has 1 fully saturated rings.